The van der Waals surface area contributed by atoms with E-state index < -0.39 is 0 Å². The molecular formula is C19H24N2. The molecule has 3 rings (SSSR count). The van der Waals surface area contributed by atoms with Crippen LogP contribution < -0.4 is 11.3 Å². The van der Waals surface area contributed by atoms with Gasteiger partial charge in [-0.15, -0.1) is 0 Å². The van der Waals surface area contributed by atoms with Crippen LogP contribution in [0.1, 0.15) is 59.0 Å². The molecule has 2 aromatic carbocycles. The molecule has 1 saturated carbocycles. The third-order valence-electron chi connectivity index (χ3n) is 4.88. The Morgan fingerprint density at radius 1 is 0.952 bits per heavy atom. The summed E-state index contributed by atoms with van der Waals surface area (Å²) in [6.07, 6.45) is 4.06. The summed E-state index contributed by atoms with van der Waals surface area (Å²) in [7, 11) is 0. The molecule has 1 fully saturated rings. The number of hydrogen-bond donors (Lipinski definition) is 2. The van der Waals surface area contributed by atoms with Crippen molar-refractivity contribution in [2.45, 2.75) is 45.1 Å². The van der Waals surface area contributed by atoms with E-state index in [1.54, 1.807) is 0 Å². The molecule has 2 nitrogen and oxygen atoms in total. The van der Waals surface area contributed by atoms with Crippen LogP contribution in [0.15, 0.2) is 42.5 Å². The molecule has 0 spiro atoms. The summed E-state index contributed by atoms with van der Waals surface area (Å²) in [5, 5.41) is 0. The summed E-state index contributed by atoms with van der Waals surface area (Å²) in [6, 6.07) is 15.6. The lowest BCUT2D eigenvalue weighted by atomic mass is 9.79. The van der Waals surface area contributed by atoms with Crippen LogP contribution in [-0.4, -0.2) is 0 Å². The fourth-order valence-electron chi connectivity index (χ4n) is 3.03. The van der Waals surface area contributed by atoms with Gasteiger partial charge in [0.15, 0.2) is 0 Å². The van der Waals surface area contributed by atoms with Crippen LogP contribution in [0.3, 0.4) is 0 Å². The second-order valence-electron chi connectivity index (χ2n) is 6.24. The van der Waals surface area contributed by atoms with Crippen molar-refractivity contribution in [2.75, 3.05) is 0 Å². The highest BCUT2D eigenvalue weighted by Crippen LogP contribution is 2.36. The maximum atomic E-state index is 5.81. The van der Waals surface area contributed by atoms with Gasteiger partial charge >= 0.3 is 0 Å². The van der Waals surface area contributed by atoms with Gasteiger partial charge in [-0.25, -0.2) is 5.43 Å². The van der Waals surface area contributed by atoms with Crippen LogP contribution in [0, 0.1) is 13.8 Å². The molecule has 0 saturated heterocycles. The van der Waals surface area contributed by atoms with Crippen LogP contribution in [0.25, 0.3) is 0 Å². The number of nitrogens with two attached hydrogens (primary N) is 1. The molecule has 0 amide bonds. The average Bonchev–Trinajstić information content (AvgIpc) is 2.43. The number of aryl methyl sites for hydroxylation is 2. The van der Waals surface area contributed by atoms with E-state index >= 15 is 0 Å². The molecule has 1 unspecified atom stereocenters. The Kier molecular flexibility index (Phi) is 4.09. The number of hydrogen-bond acceptors (Lipinski definition) is 2. The first-order chi connectivity index (χ1) is 10.2. The summed E-state index contributed by atoms with van der Waals surface area (Å²) in [6.45, 7) is 4.28. The van der Waals surface area contributed by atoms with Gasteiger partial charge in [-0.3, -0.25) is 5.84 Å². The standard InChI is InChI=1S/C19H24N2/c1-13-6-7-18(12-14(13)2)19(21-20)17-10-8-16(9-11-17)15-4-3-5-15/h6-12,15,19,21H,3-5,20H2,1-2H3. The van der Waals surface area contributed by atoms with Crippen molar-refractivity contribution in [3.05, 3.63) is 70.3 Å². The fourth-order valence-corrected chi connectivity index (χ4v) is 3.03. The van der Waals surface area contributed by atoms with E-state index in [2.05, 4.69) is 61.7 Å². The van der Waals surface area contributed by atoms with E-state index in [9.17, 15) is 0 Å². The zero-order valence-electron chi connectivity index (χ0n) is 12.9. The third-order valence-corrected chi connectivity index (χ3v) is 4.88. The maximum Gasteiger partial charge on any atom is 0.0710 e. The first kappa shape index (κ1) is 14.3. The summed E-state index contributed by atoms with van der Waals surface area (Å²) < 4.78 is 0. The highest BCUT2D eigenvalue weighted by Gasteiger charge is 2.20. The van der Waals surface area contributed by atoms with Crippen LogP contribution in [0.5, 0.6) is 0 Å². The van der Waals surface area contributed by atoms with Crippen molar-refractivity contribution in [2.24, 2.45) is 5.84 Å². The van der Waals surface area contributed by atoms with Crippen molar-refractivity contribution in [3.8, 4) is 0 Å². The molecule has 1 aliphatic carbocycles. The predicted octanol–water partition coefficient (Wildman–Crippen LogP) is 4.12. The molecule has 3 N–H and O–H groups in total. The quantitative estimate of drug-likeness (QED) is 0.653. The Bertz CT molecular complexity index is 612. The molecule has 2 aromatic rings. The van der Waals surface area contributed by atoms with Gasteiger partial charge in [0.25, 0.3) is 0 Å². The number of rotatable bonds is 4. The Hall–Kier alpha value is -1.64. The monoisotopic (exact) mass is 280 g/mol. The predicted molar refractivity (Wildman–Crippen MR) is 88.1 cm³/mol. The number of nitrogens with one attached hydrogen (secondary N) is 1. The second-order valence-corrected chi connectivity index (χ2v) is 6.24. The van der Waals surface area contributed by atoms with Crippen molar-refractivity contribution in [3.63, 3.8) is 0 Å². The molecule has 110 valence electrons. The van der Waals surface area contributed by atoms with Crippen molar-refractivity contribution >= 4 is 0 Å². The number of benzene rings is 2. The molecule has 0 aromatic heterocycles. The van der Waals surface area contributed by atoms with E-state index in [1.807, 2.05) is 0 Å². The largest absolute Gasteiger partial charge is 0.271 e. The topological polar surface area (TPSA) is 38.0 Å². The van der Waals surface area contributed by atoms with Gasteiger partial charge < -0.3 is 0 Å². The third kappa shape index (κ3) is 2.87. The average molecular weight is 280 g/mol. The molecule has 0 aliphatic heterocycles. The summed E-state index contributed by atoms with van der Waals surface area (Å²) in [5.74, 6) is 6.59. The molecule has 0 radical (unpaired) electrons. The zero-order chi connectivity index (χ0) is 14.8. The highest BCUT2D eigenvalue weighted by molar-refractivity contribution is 5.38. The maximum absolute atomic E-state index is 5.81. The molecule has 21 heavy (non-hydrogen) atoms. The lowest BCUT2D eigenvalue weighted by molar-refractivity contribution is 0.419. The van der Waals surface area contributed by atoms with Crippen molar-refractivity contribution in [1.29, 1.82) is 0 Å². The zero-order valence-corrected chi connectivity index (χ0v) is 12.9. The minimum Gasteiger partial charge on any atom is -0.271 e. The molecule has 2 heteroatoms. The normalized spacial score (nSPS) is 16.5. The summed E-state index contributed by atoms with van der Waals surface area (Å²) in [5.41, 5.74) is 9.50. The first-order valence-electron chi connectivity index (χ1n) is 7.82. The SMILES string of the molecule is Cc1ccc(C(NN)c2ccc(C3CCC3)cc2)cc1C. The smallest absolute Gasteiger partial charge is 0.0710 e. The lowest BCUT2D eigenvalue weighted by Gasteiger charge is -2.26. The highest BCUT2D eigenvalue weighted by atomic mass is 15.2. The molecular weight excluding hydrogens is 256 g/mol. The van der Waals surface area contributed by atoms with E-state index in [0.717, 1.165) is 5.92 Å². The molecule has 1 aliphatic rings. The lowest BCUT2D eigenvalue weighted by Crippen LogP contribution is -2.29. The number of hydrazine groups is 1. The Morgan fingerprint density at radius 2 is 1.62 bits per heavy atom. The Balaban J connectivity index is 1.86. The van der Waals surface area contributed by atoms with Gasteiger partial charge in [-0.05, 0) is 60.4 Å². The van der Waals surface area contributed by atoms with Gasteiger partial charge in [0, 0.05) is 0 Å². The molecule has 1 atom stereocenters. The van der Waals surface area contributed by atoms with Crippen LogP contribution in [-0.2, 0) is 0 Å². The Morgan fingerprint density at radius 3 is 2.14 bits per heavy atom. The summed E-state index contributed by atoms with van der Waals surface area (Å²) in [4.78, 5) is 0. The van der Waals surface area contributed by atoms with E-state index in [4.69, 9.17) is 5.84 Å². The van der Waals surface area contributed by atoms with E-state index in [1.165, 1.54) is 47.1 Å². The van der Waals surface area contributed by atoms with Crippen molar-refractivity contribution < 1.29 is 0 Å². The Labute approximate surface area is 127 Å². The first-order valence-corrected chi connectivity index (χ1v) is 7.82. The minimum absolute atomic E-state index is 0.0553. The molecule has 0 heterocycles. The van der Waals surface area contributed by atoms with Gasteiger partial charge in [0.05, 0.1) is 6.04 Å². The van der Waals surface area contributed by atoms with Crippen LogP contribution >= 0.6 is 0 Å². The van der Waals surface area contributed by atoms with Crippen LogP contribution in [0.2, 0.25) is 0 Å². The minimum atomic E-state index is 0.0553. The van der Waals surface area contributed by atoms with Gasteiger partial charge in [0.2, 0.25) is 0 Å². The molecule has 0 bridgehead atoms. The van der Waals surface area contributed by atoms with Crippen LogP contribution in [0.4, 0.5) is 0 Å². The summed E-state index contributed by atoms with van der Waals surface area (Å²) >= 11 is 0. The van der Waals surface area contributed by atoms with Gasteiger partial charge in [-0.2, -0.15) is 0 Å². The van der Waals surface area contributed by atoms with Crippen molar-refractivity contribution in [1.82, 2.24) is 5.43 Å². The second kappa shape index (κ2) is 6.00. The van der Waals surface area contributed by atoms with Gasteiger partial charge in [-0.1, -0.05) is 48.9 Å². The van der Waals surface area contributed by atoms with E-state index in [-0.39, 0.29) is 6.04 Å². The fraction of sp³-hybridized carbons (Fsp3) is 0.368. The van der Waals surface area contributed by atoms with Gasteiger partial charge in [0.1, 0.15) is 0 Å². The van der Waals surface area contributed by atoms with E-state index in [0.29, 0.717) is 0 Å².